The van der Waals surface area contributed by atoms with Crippen LogP contribution in [0.1, 0.15) is 44.2 Å². The van der Waals surface area contributed by atoms with E-state index in [1.165, 1.54) is 11.1 Å². The topological polar surface area (TPSA) is 41.6 Å². The molecule has 1 amide bonds. The molecular weight excluding hydrogens is 288 g/mol. The van der Waals surface area contributed by atoms with Gasteiger partial charge in [-0.1, -0.05) is 18.2 Å². The Bertz CT molecular complexity index is 575. The number of carbonyl (C=O) groups excluding carboxylic acids is 1. The molecule has 0 radical (unpaired) electrons. The molecule has 2 aliphatic rings. The molecule has 2 aliphatic heterocycles. The smallest absolute Gasteiger partial charge is 0.220 e. The summed E-state index contributed by atoms with van der Waals surface area (Å²) in [6.07, 6.45) is 3.87. The molecule has 0 bridgehead atoms. The number of nitrogens with one attached hydrogen (secondary N) is 1. The van der Waals surface area contributed by atoms with Crippen LogP contribution in [0.4, 0.5) is 0 Å². The van der Waals surface area contributed by atoms with Crippen LogP contribution in [-0.4, -0.2) is 36.5 Å². The number of carbonyl (C=O) groups is 1. The van der Waals surface area contributed by atoms with Gasteiger partial charge in [0.05, 0.1) is 0 Å². The van der Waals surface area contributed by atoms with Crippen LogP contribution in [0.5, 0.6) is 5.75 Å². The van der Waals surface area contributed by atoms with Gasteiger partial charge in [0.2, 0.25) is 5.91 Å². The zero-order valence-electron chi connectivity index (χ0n) is 14.5. The van der Waals surface area contributed by atoms with Gasteiger partial charge in [-0.05, 0) is 51.3 Å². The molecule has 4 nitrogen and oxygen atoms in total. The predicted molar refractivity (Wildman–Crippen MR) is 91.5 cm³/mol. The van der Waals surface area contributed by atoms with Gasteiger partial charge in [0.1, 0.15) is 11.4 Å². The molecule has 3 rings (SSSR count). The van der Waals surface area contributed by atoms with Gasteiger partial charge in [0.15, 0.2) is 0 Å². The Morgan fingerprint density at radius 3 is 2.78 bits per heavy atom. The third-order valence-electron chi connectivity index (χ3n) is 5.03. The summed E-state index contributed by atoms with van der Waals surface area (Å²) in [5.41, 5.74) is 2.55. The van der Waals surface area contributed by atoms with Crippen molar-refractivity contribution in [2.45, 2.75) is 51.7 Å². The van der Waals surface area contributed by atoms with Gasteiger partial charge >= 0.3 is 0 Å². The second kappa shape index (κ2) is 6.52. The Balaban J connectivity index is 1.58. The van der Waals surface area contributed by atoms with Crippen LogP contribution in [0, 0.1) is 5.92 Å². The number of hydrogen-bond acceptors (Lipinski definition) is 3. The lowest BCUT2D eigenvalue weighted by Gasteiger charge is -2.32. The number of likely N-dealkylation sites (tertiary alicyclic amines) is 1. The number of amides is 1. The monoisotopic (exact) mass is 316 g/mol. The van der Waals surface area contributed by atoms with Gasteiger partial charge < -0.3 is 10.1 Å². The number of benzene rings is 1. The maximum absolute atomic E-state index is 11.5. The molecule has 1 aromatic carbocycles. The minimum absolute atomic E-state index is 0.0844. The number of ether oxygens (including phenoxy) is 1. The van der Waals surface area contributed by atoms with Crippen LogP contribution in [0.15, 0.2) is 18.2 Å². The summed E-state index contributed by atoms with van der Waals surface area (Å²) in [4.78, 5) is 14.0. The van der Waals surface area contributed by atoms with Crippen molar-refractivity contribution < 1.29 is 9.53 Å². The van der Waals surface area contributed by atoms with Gasteiger partial charge in [-0.3, -0.25) is 9.69 Å². The molecule has 0 aliphatic carbocycles. The minimum atomic E-state index is -0.0844. The van der Waals surface area contributed by atoms with E-state index >= 15 is 0 Å². The van der Waals surface area contributed by atoms with Crippen LogP contribution >= 0.6 is 0 Å². The lowest BCUT2D eigenvalue weighted by Crippen LogP contribution is -2.35. The van der Waals surface area contributed by atoms with Gasteiger partial charge in [-0.2, -0.15) is 0 Å². The molecule has 0 unspecified atom stereocenters. The van der Waals surface area contributed by atoms with Gasteiger partial charge in [-0.25, -0.2) is 0 Å². The first kappa shape index (κ1) is 16.3. The number of nitrogens with zero attached hydrogens (tertiary/aromatic N) is 1. The first-order chi connectivity index (χ1) is 11.0. The molecule has 1 N–H and O–H groups in total. The van der Waals surface area contributed by atoms with E-state index in [9.17, 15) is 4.79 Å². The highest BCUT2D eigenvalue weighted by Crippen LogP contribution is 2.38. The maximum Gasteiger partial charge on any atom is 0.220 e. The van der Waals surface area contributed by atoms with Crippen molar-refractivity contribution in [1.82, 2.24) is 10.2 Å². The summed E-state index contributed by atoms with van der Waals surface area (Å²) in [6.45, 7) is 7.39. The zero-order valence-corrected chi connectivity index (χ0v) is 14.5. The van der Waals surface area contributed by atoms with E-state index in [1.807, 2.05) is 0 Å². The molecule has 0 saturated carbocycles. The van der Waals surface area contributed by atoms with E-state index in [0.29, 0.717) is 12.3 Å². The summed E-state index contributed by atoms with van der Waals surface area (Å²) in [6, 6.07) is 6.53. The van der Waals surface area contributed by atoms with Crippen LogP contribution in [-0.2, 0) is 17.8 Å². The van der Waals surface area contributed by atoms with Crippen LogP contribution in [0.2, 0.25) is 0 Å². The van der Waals surface area contributed by atoms with Crippen LogP contribution < -0.4 is 10.1 Å². The third-order valence-corrected chi connectivity index (χ3v) is 5.03. The Morgan fingerprint density at radius 2 is 2.09 bits per heavy atom. The molecule has 2 heterocycles. The van der Waals surface area contributed by atoms with Gasteiger partial charge in [-0.15, -0.1) is 0 Å². The molecule has 0 spiro atoms. The average molecular weight is 316 g/mol. The van der Waals surface area contributed by atoms with Crippen LogP contribution in [0.25, 0.3) is 0 Å². The van der Waals surface area contributed by atoms with E-state index < -0.39 is 0 Å². The zero-order chi connectivity index (χ0) is 16.4. The van der Waals surface area contributed by atoms with E-state index in [1.54, 1.807) is 7.05 Å². The molecule has 1 saturated heterocycles. The predicted octanol–water partition coefficient (Wildman–Crippen LogP) is 2.75. The second-order valence-corrected chi connectivity index (χ2v) is 7.54. The maximum atomic E-state index is 11.5. The highest BCUT2D eigenvalue weighted by Gasteiger charge is 2.32. The van der Waals surface area contributed by atoms with Crippen LogP contribution in [0.3, 0.4) is 0 Å². The quantitative estimate of drug-likeness (QED) is 0.929. The van der Waals surface area contributed by atoms with E-state index in [4.69, 9.17) is 4.74 Å². The number of hydrogen-bond donors (Lipinski definition) is 1. The highest BCUT2D eigenvalue weighted by atomic mass is 16.5. The van der Waals surface area contributed by atoms with Crippen molar-refractivity contribution >= 4 is 5.91 Å². The molecule has 23 heavy (non-hydrogen) atoms. The summed E-state index contributed by atoms with van der Waals surface area (Å²) in [5, 5.41) is 2.73. The molecule has 0 atom stereocenters. The third kappa shape index (κ3) is 3.86. The van der Waals surface area contributed by atoms with Gasteiger partial charge in [0.25, 0.3) is 0 Å². The van der Waals surface area contributed by atoms with Crippen molar-refractivity contribution in [2.24, 2.45) is 5.92 Å². The summed E-state index contributed by atoms with van der Waals surface area (Å²) in [7, 11) is 1.72. The van der Waals surface area contributed by atoms with E-state index in [2.05, 4.69) is 42.3 Å². The first-order valence-corrected chi connectivity index (χ1v) is 8.69. The lowest BCUT2D eigenvalue weighted by molar-refractivity contribution is -0.121. The van der Waals surface area contributed by atoms with Crippen molar-refractivity contribution in [2.75, 3.05) is 20.1 Å². The van der Waals surface area contributed by atoms with Gasteiger partial charge in [0, 0.05) is 32.0 Å². The molecule has 1 aromatic rings. The summed E-state index contributed by atoms with van der Waals surface area (Å²) >= 11 is 0. The highest BCUT2D eigenvalue weighted by molar-refractivity contribution is 5.75. The van der Waals surface area contributed by atoms with Crippen molar-refractivity contribution in [3.8, 4) is 5.75 Å². The second-order valence-electron chi connectivity index (χ2n) is 7.54. The molecule has 126 valence electrons. The molecule has 0 aromatic heterocycles. The molecule has 1 fully saturated rings. The number of para-hydroxylation sites is 1. The summed E-state index contributed by atoms with van der Waals surface area (Å²) in [5.74, 6) is 1.80. The van der Waals surface area contributed by atoms with Crippen molar-refractivity contribution in [3.05, 3.63) is 29.3 Å². The number of piperidine rings is 1. The Hall–Kier alpha value is -1.55. The Morgan fingerprint density at radius 1 is 1.35 bits per heavy atom. The fourth-order valence-electron chi connectivity index (χ4n) is 3.76. The lowest BCUT2D eigenvalue weighted by atomic mass is 9.93. The number of rotatable bonds is 4. The molecule has 4 heteroatoms. The molecular formula is C19H28N2O2. The largest absolute Gasteiger partial charge is 0.487 e. The standard InChI is InChI=1S/C19H28N2O2/c1-19(2)12-15-5-4-6-16(18(15)23-19)13-21-9-7-14(8-10-21)11-17(22)20-3/h4-6,14H,7-13H2,1-3H3,(H,20,22). The number of fused-ring (bicyclic) bond motifs is 1. The fourth-order valence-corrected chi connectivity index (χ4v) is 3.76. The van der Waals surface area contributed by atoms with Crippen molar-refractivity contribution in [1.29, 1.82) is 0 Å². The Kier molecular flexibility index (Phi) is 4.62. The van der Waals surface area contributed by atoms with E-state index in [-0.39, 0.29) is 11.5 Å². The van der Waals surface area contributed by atoms with Crippen molar-refractivity contribution in [3.63, 3.8) is 0 Å². The van der Waals surface area contributed by atoms with E-state index in [0.717, 1.165) is 44.6 Å². The average Bonchev–Trinajstić information content (AvgIpc) is 2.84. The SMILES string of the molecule is CNC(=O)CC1CCN(Cc2cccc3c2OC(C)(C)C3)CC1. The normalized spacial score (nSPS) is 20.8. The Labute approximate surface area is 139 Å². The first-order valence-electron chi connectivity index (χ1n) is 8.69. The summed E-state index contributed by atoms with van der Waals surface area (Å²) < 4.78 is 6.18. The minimum Gasteiger partial charge on any atom is -0.487 e. The fraction of sp³-hybridized carbons (Fsp3) is 0.632.